The molecule has 1 heterocycles. The maximum atomic E-state index is 9.81. The molecule has 0 aliphatic carbocycles. The Bertz CT molecular complexity index is 370. The Morgan fingerprint density at radius 2 is 1.53 bits per heavy atom. The van der Waals surface area contributed by atoms with Crippen LogP contribution in [-0.4, -0.2) is 31.3 Å². The molecule has 0 atom stereocenters. The lowest BCUT2D eigenvalue weighted by atomic mass is 10.7. The minimum Gasteiger partial charge on any atom is -0.368 e. The molecule has 0 spiro atoms. The van der Waals surface area contributed by atoms with Gasteiger partial charge < -0.3 is 27.0 Å². The number of anilines is 3. The van der Waals surface area contributed by atoms with Crippen LogP contribution in [0.3, 0.4) is 0 Å². The molecule has 0 amide bonds. The Morgan fingerprint density at radius 1 is 1.18 bits per heavy atom. The number of nitrogen functional groups attached to an aromatic ring is 3. The first kappa shape index (κ1) is 15.3. The maximum absolute atomic E-state index is 9.81. The number of hydrogen-bond donors (Lipinski definition) is 5. The van der Waals surface area contributed by atoms with Crippen LogP contribution in [0.5, 0.6) is 0 Å². The molecule has 10 nitrogen and oxygen atoms in total. The fourth-order valence-corrected chi connectivity index (χ4v) is 0.876. The smallest absolute Gasteiger partial charge is 0.368 e. The van der Waals surface area contributed by atoms with Gasteiger partial charge in [-0.2, -0.15) is 15.0 Å². The molecule has 0 bridgehead atoms. The summed E-state index contributed by atoms with van der Waals surface area (Å²) in [5.74, 6) is 0.125. The predicted molar refractivity (Wildman–Crippen MR) is 61.3 cm³/mol. The molecule has 1 aromatic heterocycles. The van der Waals surface area contributed by atoms with Gasteiger partial charge in [-0.15, -0.1) is 6.58 Å². The minimum absolute atomic E-state index is 0.0417. The van der Waals surface area contributed by atoms with Crippen molar-refractivity contribution in [3.05, 3.63) is 12.7 Å². The van der Waals surface area contributed by atoms with Crippen molar-refractivity contribution in [2.45, 2.75) is 0 Å². The summed E-state index contributed by atoms with van der Waals surface area (Å²) in [5, 5.41) is 0. The molecule has 17 heavy (non-hydrogen) atoms. The van der Waals surface area contributed by atoms with Gasteiger partial charge in [0.2, 0.25) is 17.8 Å². The van der Waals surface area contributed by atoms with Crippen LogP contribution in [0.1, 0.15) is 0 Å². The molecule has 0 aliphatic rings. The summed E-state index contributed by atoms with van der Waals surface area (Å²) in [4.78, 5) is 26.4. The molecule has 96 valence electrons. The van der Waals surface area contributed by atoms with Crippen LogP contribution in [0.4, 0.5) is 17.8 Å². The second-order valence-corrected chi connectivity index (χ2v) is 3.72. The molecular weight excluding hydrogens is 251 g/mol. The summed E-state index contributed by atoms with van der Waals surface area (Å²) in [7, 11) is -4.25. The fraction of sp³-hybridized carbons (Fsp3) is 0.167. The van der Waals surface area contributed by atoms with Gasteiger partial charge in [-0.3, -0.25) is 4.52 Å². The van der Waals surface area contributed by atoms with E-state index in [0.717, 1.165) is 0 Å². The van der Waals surface area contributed by atoms with Gasteiger partial charge in [0.15, 0.2) is 0 Å². The molecular formula is C6H13N6O4P. The third kappa shape index (κ3) is 9.20. The van der Waals surface area contributed by atoms with Gasteiger partial charge in [0.1, 0.15) is 0 Å². The summed E-state index contributed by atoms with van der Waals surface area (Å²) < 4.78 is 13.7. The number of hydrogen-bond acceptors (Lipinski definition) is 8. The fourth-order valence-electron chi connectivity index (χ4n) is 0.577. The van der Waals surface area contributed by atoms with Crippen LogP contribution in [-0.2, 0) is 9.09 Å². The zero-order chi connectivity index (χ0) is 13.5. The van der Waals surface area contributed by atoms with Gasteiger partial charge in [0.05, 0.1) is 6.61 Å². The molecule has 0 radical (unpaired) electrons. The molecule has 0 saturated carbocycles. The number of aromatic nitrogens is 3. The third-order valence-corrected chi connectivity index (χ3v) is 1.53. The molecule has 0 saturated heterocycles. The van der Waals surface area contributed by atoms with Gasteiger partial charge in [-0.1, -0.05) is 6.08 Å². The predicted octanol–water partition coefficient (Wildman–Crippen LogP) is -1.10. The van der Waals surface area contributed by atoms with E-state index in [0.29, 0.717) is 0 Å². The highest BCUT2D eigenvalue weighted by Crippen LogP contribution is 2.35. The molecule has 0 unspecified atom stereocenters. The first-order chi connectivity index (χ1) is 7.74. The lowest BCUT2D eigenvalue weighted by molar-refractivity contribution is 0.216. The molecule has 0 aliphatic heterocycles. The lowest BCUT2D eigenvalue weighted by Crippen LogP contribution is -2.05. The van der Waals surface area contributed by atoms with Gasteiger partial charge in [-0.25, -0.2) is 4.57 Å². The lowest BCUT2D eigenvalue weighted by Gasteiger charge is -1.98. The topological polar surface area (TPSA) is 183 Å². The maximum Gasteiger partial charge on any atom is 0.469 e. The van der Waals surface area contributed by atoms with E-state index in [9.17, 15) is 4.57 Å². The quantitative estimate of drug-likeness (QED) is 0.331. The standard InChI is InChI=1S/C3H6N6.C3H7O4P/c4-1-7-2(5)9-3(6)8-1;1-2-3-7-8(4,5)6/h(H6,4,5,6,7,8,9);2H,1,3H2,(H2,4,5,6). The van der Waals surface area contributed by atoms with E-state index >= 15 is 0 Å². The molecule has 11 heteroatoms. The average Bonchev–Trinajstić information content (AvgIpc) is 2.12. The Morgan fingerprint density at radius 3 is 1.71 bits per heavy atom. The SMILES string of the molecule is C=CCOP(=O)(O)O.Nc1nc(N)nc(N)n1. The first-order valence-corrected chi connectivity index (χ1v) is 5.61. The highest BCUT2D eigenvalue weighted by atomic mass is 31.2. The number of phosphoric acid groups is 1. The number of nitrogens with zero attached hydrogens (tertiary/aromatic N) is 3. The summed E-state index contributed by atoms with van der Waals surface area (Å²) in [5.41, 5.74) is 15.4. The van der Waals surface area contributed by atoms with Crippen LogP contribution >= 0.6 is 7.82 Å². The molecule has 1 aromatic rings. The van der Waals surface area contributed by atoms with Crippen LogP contribution in [0, 0.1) is 0 Å². The largest absolute Gasteiger partial charge is 0.469 e. The third-order valence-electron chi connectivity index (χ3n) is 1.05. The van der Waals surface area contributed by atoms with Crippen molar-refractivity contribution in [1.29, 1.82) is 0 Å². The van der Waals surface area contributed by atoms with E-state index < -0.39 is 7.82 Å². The van der Waals surface area contributed by atoms with Crippen LogP contribution in [0.25, 0.3) is 0 Å². The van der Waals surface area contributed by atoms with Crippen molar-refractivity contribution in [1.82, 2.24) is 15.0 Å². The average molecular weight is 264 g/mol. The van der Waals surface area contributed by atoms with E-state index in [-0.39, 0.29) is 24.5 Å². The van der Waals surface area contributed by atoms with Crippen molar-refractivity contribution in [2.75, 3.05) is 23.8 Å². The van der Waals surface area contributed by atoms with Gasteiger partial charge in [0.25, 0.3) is 0 Å². The van der Waals surface area contributed by atoms with Crippen molar-refractivity contribution in [3.63, 3.8) is 0 Å². The van der Waals surface area contributed by atoms with Gasteiger partial charge in [-0.05, 0) is 0 Å². The van der Waals surface area contributed by atoms with Crippen LogP contribution in [0.15, 0.2) is 12.7 Å². The van der Waals surface area contributed by atoms with Gasteiger partial charge in [0, 0.05) is 0 Å². The van der Waals surface area contributed by atoms with E-state index in [1.165, 1.54) is 6.08 Å². The van der Waals surface area contributed by atoms with E-state index in [1.807, 2.05) is 0 Å². The van der Waals surface area contributed by atoms with E-state index in [2.05, 4.69) is 26.1 Å². The highest BCUT2D eigenvalue weighted by Gasteiger charge is 2.10. The normalized spacial score (nSPS) is 10.2. The van der Waals surface area contributed by atoms with E-state index in [4.69, 9.17) is 27.0 Å². The zero-order valence-electron chi connectivity index (χ0n) is 8.72. The second-order valence-electron chi connectivity index (χ2n) is 2.49. The van der Waals surface area contributed by atoms with Gasteiger partial charge >= 0.3 is 7.82 Å². The number of rotatable bonds is 3. The molecule has 8 N–H and O–H groups in total. The Balaban J connectivity index is 0.000000304. The minimum atomic E-state index is -4.25. The first-order valence-electron chi connectivity index (χ1n) is 4.08. The molecule has 0 fully saturated rings. The number of nitrogens with two attached hydrogens (primary N) is 3. The van der Waals surface area contributed by atoms with Crippen molar-refractivity contribution >= 4 is 25.7 Å². The summed E-state index contributed by atoms with van der Waals surface area (Å²) in [6.07, 6.45) is 1.26. The van der Waals surface area contributed by atoms with Crippen LogP contribution < -0.4 is 17.2 Å². The number of phosphoric ester groups is 1. The molecule has 1 rings (SSSR count). The monoisotopic (exact) mass is 264 g/mol. The Hall–Kier alpha value is -1.74. The van der Waals surface area contributed by atoms with E-state index in [1.54, 1.807) is 0 Å². The summed E-state index contributed by atoms with van der Waals surface area (Å²) >= 11 is 0. The Kier molecular flexibility index (Phi) is 6.07. The van der Waals surface area contributed by atoms with Crippen LogP contribution in [0.2, 0.25) is 0 Å². The van der Waals surface area contributed by atoms with Crippen molar-refractivity contribution in [3.8, 4) is 0 Å². The second kappa shape index (κ2) is 6.76. The summed E-state index contributed by atoms with van der Waals surface area (Å²) in [6.45, 7) is 3.07. The molecule has 0 aromatic carbocycles. The Labute approximate surface area is 96.8 Å². The highest BCUT2D eigenvalue weighted by molar-refractivity contribution is 7.46. The van der Waals surface area contributed by atoms with Crippen molar-refractivity contribution < 1.29 is 18.9 Å². The zero-order valence-corrected chi connectivity index (χ0v) is 9.62. The van der Waals surface area contributed by atoms with Crippen molar-refractivity contribution in [2.24, 2.45) is 0 Å². The summed E-state index contributed by atoms with van der Waals surface area (Å²) in [6, 6.07) is 0.